The molecule has 1 N–H and O–H groups in total. The minimum Gasteiger partial charge on any atom is -0.496 e. The zero-order chi connectivity index (χ0) is 12.8. The molecular weight excluding hydrogens is 226 g/mol. The maximum Gasteiger partial charge on any atom is 0.166 e. The topological polar surface area (TPSA) is 38.3 Å². The van der Waals surface area contributed by atoms with Crippen LogP contribution in [0.25, 0.3) is 0 Å². The molecule has 18 heavy (non-hydrogen) atoms. The summed E-state index contributed by atoms with van der Waals surface area (Å²) in [6.07, 6.45) is 1.79. The van der Waals surface area contributed by atoms with E-state index >= 15 is 0 Å². The molecule has 2 atom stereocenters. The number of methoxy groups -OCH3 is 1. The van der Waals surface area contributed by atoms with Gasteiger partial charge in [-0.3, -0.25) is 4.79 Å². The zero-order valence-corrected chi connectivity index (χ0v) is 11.0. The quantitative estimate of drug-likeness (QED) is 0.826. The third-order valence-corrected chi connectivity index (χ3v) is 4.46. The van der Waals surface area contributed by atoms with Gasteiger partial charge < -0.3 is 10.1 Å². The Kier molecular flexibility index (Phi) is 2.67. The average Bonchev–Trinajstić information content (AvgIpc) is 2.99. The van der Waals surface area contributed by atoms with Crippen LogP contribution in [0.2, 0.25) is 0 Å². The van der Waals surface area contributed by atoms with E-state index in [-0.39, 0.29) is 5.78 Å². The van der Waals surface area contributed by atoms with E-state index in [1.807, 2.05) is 13.0 Å². The molecule has 0 amide bonds. The number of hydrogen-bond acceptors (Lipinski definition) is 3. The van der Waals surface area contributed by atoms with E-state index in [2.05, 4.69) is 17.4 Å². The van der Waals surface area contributed by atoms with Gasteiger partial charge in [-0.1, -0.05) is 13.0 Å². The number of nitrogens with one attached hydrogen (secondary N) is 1. The molecule has 1 saturated carbocycles. The van der Waals surface area contributed by atoms with E-state index < -0.39 is 0 Å². The van der Waals surface area contributed by atoms with Crippen molar-refractivity contribution < 1.29 is 9.53 Å². The van der Waals surface area contributed by atoms with Crippen LogP contribution in [0.4, 0.5) is 0 Å². The molecule has 1 aliphatic carbocycles. The number of piperidine rings is 1. The summed E-state index contributed by atoms with van der Waals surface area (Å²) in [7, 11) is 1.64. The zero-order valence-electron chi connectivity index (χ0n) is 11.0. The first kappa shape index (κ1) is 11.7. The van der Waals surface area contributed by atoms with Crippen LogP contribution in [0.15, 0.2) is 18.2 Å². The number of rotatable bonds is 4. The Morgan fingerprint density at radius 2 is 2.39 bits per heavy atom. The molecule has 2 fully saturated rings. The number of carbonyl (C=O) groups excluding carboxylic acids is 1. The minimum absolute atomic E-state index is 0.146. The third kappa shape index (κ3) is 1.57. The number of fused-ring (bicyclic) bond motifs is 1. The van der Waals surface area contributed by atoms with Gasteiger partial charge in [0.15, 0.2) is 5.78 Å². The molecule has 2 aliphatic rings. The van der Waals surface area contributed by atoms with Crippen LogP contribution < -0.4 is 10.1 Å². The molecule has 0 aromatic heterocycles. The number of carbonyl (C=O) groups is 1. The van der Waals surface area contributed by atoms with E-state index in [4.69, 9.17) is 4.74 Å². The van der Waals surface area contributed by atoms with Gasteiger partial charge >= 0.3 is 0 Å². The van der Waals surface area contributed by atoms with Crippen LogP contribution in [0.3, 0.4) is 0 Å². The van der Waals surface area contributed by atoms with Crippen molar-refractivity contribution in [2.45, 2.75) is 25.2 Å². The van der Waals surface area contributed by atoms with Crippen molar-refractivity contribution in [2.24, 2.45) is 5.92 Å². The first-order chi connectivity index (χ1) is 8.71. The second-order valence-corrected chi connectivity index (χ2v) is 5.38. The first-order valence-electron chi connectivity index (χ1n) is 6.63. The monoisotopic (exact) mass is 245 g/mol. The van der Waals surface area contributed by atoms with Gasteiger partial charge in [-0.2, -0.15) is 0 Å². The molecule has 0 radical (unpaired) electrons. The van der Waals surface area contributed by atoms with Crippen molar-refractivity contribution in [3.05, 3.63) is 29.3 Å². The van der Waals surface area contributed by atoms with Crippen LogP contribution in [0.1, 0.15) is 35.7 Å². The van der Waals surface area contributed by atoms with Gasteiger partial charge in [0.25, 0.3) is 0 Å². The van der Waals surface area contributed by atoms with E-state index in [1.165, 1.54) is 12.0 Å². The second kappa shape index (κ2) is 4.09. The second-order valence-electron chi connectivity index (χ2n) is 5.38. The molecule has 1 heterocycles. The Bertz CT molecular complexity index is 497. The third-order valence-electron chi connectivity index (χ3n) is 4.46. The summed E-state index contributed by atoms with van der Waals surface area (Å²) >= 11 is 0. The minimum atomic E-state index is 0.146. The number of benzene rings is 1. The van der Waals surface area contributed by atoms with Crippen molar-refractivity contribution in [1.29, 1.82) is 0 Å². The SMILES string of the molecule is CCC(=O)c1ccc(C23CNCC2C3)cc1OC. The van der Waals surface area contributed by atoms with Crippen LogP contribution >= 0.6 is 0 Å². The van der Waals surface area contributed by atoms with Crippen LogP contribution in [-0.4, -0.2) is 26.0 Å². The molecule has 0 bridgehead atoms. The lowest BCUT2D eigenvalue weighted by Crippen LogP contribution is -2.19. The van der Waals surface area contributed by atoms with Crippen molar-refractivity contribution in [3.8, 4) is 5.75 Å². The van der Waals surface area contributed by atoms with E-state index in [0.29, 0.717) is 17.4 Å². The largest absolute Gasteiger partial charge is 0.496 e. The molecule has 2 unspecified atom stereocenters. The Morgan fingerprint density at radius 1 is 1.56 bits per heavy atom. The van der Waals surface area contributed by atoms with Crippen molar-refractivity contribution >= 4 is 5.78 Å². The lowest BCUT2D eigenvalue weighted by atomic mass is 9.93. The van der Waals surface area contributed by atoms with E-state index in [9.17, 15) is 4.79 Å². The van der Waals surface area contributed by atoms with E-state index in [0.717, 1.165) is 24.8 Å². The highest BCUT2D eigenvalue weighted by Crippen LogP contribution is 2.56. The molecule has 96 valence electrons. The van der Waals surface area contributed by atoms with Crippen LogP contribution in [0.5, 0.6) is 5.75 Å². The summed E-state index contributed by atoms with van der Waals surface area (Å²) in [4.78, 5) is 11.8. The molecule has 1 aliphatic heterocycles. The Labute approximate surface area is 108 Å². The van der Waals surface area contributed by atoms with E-state index in [1.54, 1.807) is 7.11 Å². The molecule has 3 nitrogen and oxygen atoms in total. The highest BCUT2D eigenvalue weighted by molar-refractivity contribution is 5.98. The standard InChI is InChI=1S/C15H19NO2/c1-3-13(17)12-5-4-10(6-14(12)18-2)15-7-11(15)8-16-9-15/h4-6,11,16H,3,7-9H2,1-2H3. The number of ketones is 1. The lowest BCUT2D eigenvalue weighted by Gasteiger charge is -2.15. The Morgan fingerprint density at radius 3 is 2.94 bits per heavy atom. The fourth-order valence-corrected chi connectivity index (χ4v) is 3.21. The fourth-order valence-electron chi connectivity index (χ4n) is 3.21. The smallest absolute Gasteiger partial charge is 0.166 e. The first-order valence-corrected chi connectivity index (χ1v) is 6.63. The number of Topliss-reactive ketones (excluding diaryl/α,β-unsaturated/α-hetero) is 1. The summed E-state index contributed by atoms with van der Waals surface area (Å²) in [6, 6.07) is 6.11. The van der Waals surface area contributed by atoms with Crippen molar-refractivity contribution in [1.82, 2.24) is 5.32 Å². The van der Waals surface area contributed by atoms with Crippen molar-refractivity contribution in [3.63, 3.8) is 0 Å². The summed E-state index contributed by atoms with van der Waals surface area (Å²) in [5.41, 5.74) is 2.35. The fraction of sp³-hybridized carbons (Fsp3) is 0.533. The van der Waals surface area contributed by atoms with Gasteiger partial charge in [0, 0.05) is 18.4 Å². The van der Waals surface area contributed by atoms with Crippen LogP contribution in [0, 0.1) is 5.92 Å². The van der Waals surface area contributed by atoms with Gasteiger partial charge in [-0.15, -0.1) is 0 Å². The maximum absolute atomic E-state index is 11.8. The number of hydrogen-bond donors (Lipinski definition) is 1. The van der Waals surface area contributed by atoms with Gasteiger partial charge in [0.2, 0.25) is 0 Å². The molecule has 1 aromatic carbocycles. The average molecular weight is 245 g/mol. The van der Waals surface area contributed by atoms with Crippen LogP contribution in [-0.2, 0) is 5.41 Å². The highest BCUT2D eigenvalue weighted by atomic mass is 16.5. The molecule has 0 spiro atoms. The highest BCUT2D eigenvalue weighted by Gasteiger charge is 2.58. The van der Waals surface area contributed by atoms with Crippen molar-refractivity contribution in [2.75, 3.05) is 20.2 Å². The maximum atomic E-state index is 11.8. The Hall–Kier alpha value is -1.35. The summed E-state index contributed by atoms with van der Waals surface area (Å²) < 4.78 is 5.39. The normalized spacial score (nSPS) is 28.9. The van der Waals surface area contributed by atoms with Gasteiger partial charge in [0.1, 0.15) is 5.75 Å². The summed E-state index contributed by atoms with van der Waals surface area (Å²) in [6.45, 7) is 4.06. The predicted octanol–water partition coefficient (Wildman–Crippen LogP) is 2.15. The Balaban J connectivity index is 1.97. The predicted molar refractivity (Wildman–Crippen MR) is 70.3 cm³/mol. The summed E-state index contributed by atoms with van der Waals surface area (Å²) in [5, 5.41) is 3.44. The van der Waals surface area contributed by atoms with Gasteiger partial charge in [0.05, 0.1) is 12.7 Å². The number of ether oxygens (including phenoxy) is 1. The summed E-state index contributed by atoms with van der Waals surface area (Å²) in [5.74, 6) is 1.65. The molecule has 1 saturated heterocycles. The molecular formula is C15H19NO2. The molecule has 1 aromatic rings. The molecule has 3 heteroatoms. The van der Waals surface area contributed by atoms with Gasteiger partial charge in [-0.05, 0) is 36.6 Å². The van der Waals surface area contributed by atoms with Gasteiger partial charge in [-0.25, -0.2) is 0 Å². The lowest BCUT2D eigenvalue weighted by molar-refractivity contribution is 0.0985. The molecule has 3 rings (SSSR count).